The van der Waals surface area contributed by atoms with Crippen LogP contribution in [0.15, 0.2) is 18.5 Å². The fourth-order valence-corrected chi connectivity index (χ4v) is 0.990. The lowest BCUT2D eigenvalue weighted by Gasteiger charge is -2.07. The van der Waals surface area contributed by atoms with Crippen molar-refractivity contribution in [3.05, 3.63) is 34.1 Å². The largest absolute Gasteiger partial charge is 0.329 e. The highest BCUT2D eigenvalue weighted by Gasteiger charge is 2.17. The minimum absolute atomic E-state index is 0.0829. The van der Waals surface area contributed by atoms with Crippen LogP contribution in [0.25, 0.3) is 0 Å². The van der Waals surface area contributed by atoms with Crippen molar-refractivity contribution < 1.29 is 4.92 Å². The van der Waals surface area contributed by atoms with Gasteiger partial charge in [-0.15, -0.1) is 0 Å². The third-order valence-corrected chi connectivity index (χ3v) is 1.68. The van der Waals surface area contributed by atoms with E-state index in [4.69, 9.17) is 11.5 Å². The highest BCUT2D eigenvalue weighted by molar-refractivity contribution is 5.39. The summed E-state index contributed by atoms with van der Waals surface area (Å²) in [5.41, 5.74) is 11.2. The molecule has 0 bridgehead atoms. The maximum absolute atomic E-state index is 10.5. The van der Waals surface area contributed by atoms with Crippen LogP contribution in [0, 0.1) is 10.1 Å². The molecule has 0 aliphatic heterocycles. The van der Waals surface area contributed by atoms with Crippen LogP contribution in [0.4, 0.5) is 5.69 Å². The molecule has 1 aromatic rings. The molecule has 1 heterocycles. The number of hydrogen-bond donors (Lipinski definition) is 2. The zero-order valence-corrected chi connectivity index (χ0v) is 6.88. The first-order valence-electron chi connectivity index (χ1n) is 3.70. The molecule has 6 nitrogen and oxygen atoms in total. The topological polar surface area (TPSA) is 108 Å². The summed E-state index contributed by atoms with van der Waals surface area (Å²) in [6.07, 6.45) is 2.63. The number of nitro groups is 1. The molecule has 6 heteroatoms. The molecule has 4 N–H and O–H groups in total. The Bertz CT molecular complexity index is 315. The summed E-state index contributed by atoms with van der Waals surface area (Å²) in [5, 5.41) is 10.5. The van der Waals surface area contributed by atoms with Gasteiger partial charge in [0, 0.05) is 18.8 Å². The predicted molar refractivity (Wildman–Crippen MR) is 46.9 cm³/mol. The van der Waals surface area contributed by atoms with Crippen molar-refractivity contribution in [1.29, 1.82) is 0 Å². The smallest absolute Gasteiger partial charge is 0.292 e. The average molecular weight is 182 g/mol. The molecule has 0 amide bonds. The monoisotopic (exact) mass is 182 g/mol. The fraction of sp³-hybridized carbons (Fsp3) is 0.286. The van der Waals surface area contributed by atoms with Gasteiger partial charge >= 0.3 is 0 Å². The number of aromatic nitrogens is 1. The SMILES string of the molecule is NCC(N)c1ccncc1[N+](=O)[O-]. The minimum atomic E-state index is -0.516. The van der Waals surface area contributed by atoms with E-state index in [2.05, 4.69) is 4.98 Å². The molecule has 70 valence electrons. The lowest BCUT2D eigenvalue weighted by molar-refractivity contribution is -0.386. The molecule has 0 fully saturated rings. The molecule has 0 aromatic carbocycles. The van der Waals surface area contributed by atoms with E-state index in [0.717, 1.165) is 0 Å². The van der Waals surface area contributed by atoms with Crippen LogP contribution in [0.2, 0.25) is 0 Å². The van der Waals surface area contributed by atoms with Crippen LogP contribution in [-0.2, 0) is 0 Å². The van der Waals surface area contributed by atoms with Crippen molar-refractivity contribution in [2.45, 2.75) is 6.04 Å². The Hall–Kier alpha value is -1.53. The Labute approximate surface area is 74.7 Å². The van der Waals surface area contributed by atoms with Crippen LogP contribution >= 0.6 is 0 Å². The first kappa shape index (κ1) is 9.56. The Balaban J connectivity index is 3.11. The van der Waals surface area contributed by atoms with Crippen LogP contribution < -0.4 is 11.5 Å². The van der Waals surface area contributed by atoms with Gasteiger partial charge < -0.3 is 11.5 Å². The zero-order chi connectivity index (χ0) is 9.84. The first-order valence-corrected chi connectivity index (χ1v) is 3.70. The second-order valence-electron chi connectivity index (χ2n) is 2.53. The average Bonchev–Trinajstić information content (AvgIpc) is 2.16. The minimum Gasteiger partial charge on any atom is -0.329 e. The maximum atomic E-state index is 10.5. The third-order valence-electron chi connectivity index (χ3n) is 1.68. The summed E-state index contributed by atoms with van der Waals surface area (Å²) < 4.78 is 0. The fourth-order valence-electron chi connectivity index (χ4n) is 0.990. The van der Waals surface area contributed by atoms with Crippen molar-refractivity contribution >= 4 is 5.69 Å². The second kappa shape index (κ2) is 3.92. The molecule has 1 atom stereocenters. The van der Waals surface area contributed by atoms with Gasteiger partial charge in [0.2, 0.25) is 0 Å². The molecular formula is C7H10N4O2. The van der Waals surface area contributed by atoms with Gasteiger partial charge in [0.05, 0.1) is 10.5 Å². The molecule has 1 rings (SSSR count). The highest BCUT2D eigenvalue weighted by atomic mass is 16.6. The van der Waals surface area contributed by atoms with Crippen molar-refractivity contribution in [3.8, 4) is 0 Å². The van der Waals surface area contributed by atoms with Gasteiger partial charge in [0.25, 0.3) is 5.69 Å². The number of rotatable bonds is 3. The molecular weight excluding hydrogens is 172 g/mol. The van der Waals surface area contributed by atoms with Gasteiger partial charge in [-0.25, -0.2) is 0 Å². The number of pyridine rings is 1. The van der Waals surface area contributed by atoms with Crippen LogP contribution in [-0.4, -0.2) is 16.5 Å². The summed E-state index contributed by atoms with van der Waals surface area (Å²) in [7, 11) is 0. The van der Waals surface area contributed by atoms with E-state index in [0.29, 0.717) is 5.56 Å². The van der Waals surface area contributed by atoms with Crippen LogP contribution in [0.1, 0.15) is 11.6 Å². The van der Waals surface area contributed by atoms with E-state index in [1.807, 2.05) is 0 Å². The number of hydrogen-bond acceptors (Lipinski definition) is 5. The van der Waals surface area contributed by atoms with Gasteiger partial charge in [0.15, 0.2) is 0 Å². The van der Waals surface area contributed by atoms with Crippen molar-refractivity contribution in [1.82, 2.24) is 4.98 Å². The summed E-state index contributed by atoms with van der Waals surface area (Å²) in [6, 6.07) is 0.999. The standard InChI is InChI=1S/C7H10N4O2/c8-3-6(9)5-1-2-10-4-7(5)11(12)13/h1-2,4,6H,3,8-9H2. The number of nitrogens with zero attached hydrogens (tertiary/aromatic N) is 2. The normalized spacial score (nSPS) is 12.5. The molecule has 0 spiro atoms. The molecule has 13 heavy (non-hydrogen) atoms. The summed E-state index contributed by atoms with van der Waals surface area (Å²) >= 11 is 0. The van der Waals surface area contributed by atoms with Gasteiger partial charge in [0.1, 0.15) is 6.20 Å². The lowest BCUT2D eigenvalue weighted by Crippen LogP contribution is -2.21. The third kappa shape index (κ3) is 1.98. The second-order valence-corrected chi connectivity index (χ2v) is 2.53. The highest BCUT2D eigenvalue weighted by Crippen LogP contribution is 2.20. The predicted octanol–water partition coefficient (Wildman–Crippen LogP) is -0.0517. The molecule has 1 unspecified atom stereocenters. The van der Waals surface area contributed by atoms with Gasteiger partial charge in [-0.05, 0) is 6.07 Å². The summed E-state index contributed by atoms with van der Waals surface area (Å²) in [6.45, 7) is 0.171. The van der Waals surface area contributed by atoms with Crippen LogP contribution in [0.3, 0.4) is 0 Å². The molecule has 0 saturated carbocycles. The first-order chi connectivity index (χ1) is 6.16. The summed E-state index contributed by atoms with van der Waals surface area (Å²) in [5.74, 6) is 0. The van der Waals surface area contributed by atoms with E-state index in [1.165, 1.54) is 18.5 Å². The lowest BCUT2D eigenvalue weighted by atomic mass is 10.1. The Morgan fingerprint density at radius 3 is 2.92 bits per heavy atom. The van der Waals surface area contributed by atoms with Gasteiger partial charge in [-0.1, -0.05) is 0 Å². The van der Waals surface area contributed by atoms with E-state index in [1.54, 1.807) is 0 Å². The molecule has 0 aliphatic carbocycles. The zero-order valence-electron chi connectivity index (χ0n) is 6.88. The van der Waals surface area contributed by atoms with Gasteiger partial charge in [-0.3, -0.25) is 15.1 Å². The van der Waals surface area contributed by atoms with Crippen molar-refractivity contribution in [2.75, 3.05) is 6.54 Å². The Morgan fingerprint density at radius 1 is 1.69 bits per heavy atom. The van der Waals surface area contributed by atoms with Gasteiger partial charge in [-0.2, -0.15) is 0 Å². The number of nitrogens with two attached hydrogens (primary N) is 2. The Morgan fingerprint density at radius 2 is 2.38 bits per heavy atom. The van der Waals surface area contributed by atoms with Crippen LogP contribution in [0.5, 0.6) is 0 Å². The molecule has 0 aliphatic rings. The van der Waals surface area contributed by atoms with Crippen molar-refractivity contribution in [2.24, 2.45) is 11.5 Å². The Kier molecular flexibility index (Phi) is 2.88. The quantitative estimate of drug-likeness (QED) is 0.503. The summed E-state index contributed by atoms with van der Waals surface area (Å²) in [4.78, 5) is 13.6. The van der Waals surface area contributed by atoms with E-state index in [9.17, 15) is 10.1 Å². The van der Waals surface area contributed by atoms with E-state index in [-0.39, 0.29) is 12.2 Å². The molecule has 0 saturated heterocycles. The molecule has 0 radical (unpaired) electrons. The van der Waals surface area contributed by atoms with E-state index >= 15 is 0 Å². The maximum Gasteiger partial charge on any atom is 0.292 e. The van der Waals surface area contributed by atoms with E-state index < -0.39 is 11.0 Å². The van der Waals surface area contributed by atoms with Crippen molar-refractivity contribution in [3.63, 3.8) is 0 Å². The molecule has 1 aromatic heterocycles.